The third kappa shape index (κ3) is 3.55. The quantitative estimate of drug-likeness (QED) is 0.581. The predicted octanol–water partition coefficient (Wildman–Crippen LogP) is -0.983. The highest BCUT2D eigenvalue weighted by atomic mass is 16.1. The molecular formula is C8H10N4O2. The molecule has 2 amide bonds. The van der Waals surface area contributed by atoms with Crippen molar-refractivity contribution in [1.82, 2.24) is 0 Å². The van der Waals surface area contributed by atoms with Crippen LogP contribution in [0.3, 0.4) is 0 Å². The molecule has 0 aromatic rings. The fraction of sp³-hybridized carbons (Fsp3) is 0.500. The number of nitrogens with zero attached hydrogens (tertiary/aromatic N) is 2. The van der Waals surface area contributed by atoms with E-state index in [-0.39, 0.29) is 12.8 Å². The van der Waals surface area contributed by atoms with Crippen molar-refractivity contribution in [2.45, 2.75) is 12.8 Å². The summed E-state index contributed by atoms with van der Waals surface area (Å²) in [5, 5.41) is 17.2. The van der Waals surface area contributed by atoms with Gasteiger partial charge in [-0.05, 0) is 6.42 Å². The molecule has 0 aliphatic carbocycles. The summed E-state index contributed by atoms with van der Waals surface area (Å²) in [5.41, 5.74) is 9.77. The van der Waals surface area contributed by atoms with Gasteiger partial charge in [-0.25, -0.2) is 0 Å². The molecule has 0 aliphatic heterocycles. The molecule has 0 spiro atoms. The van der Waals surface area contributed by atoms with E-state index >= 15 is 0 Å². The molecule has 4 N–H and O–H groups in total. The summed E-state index contributed by atoms with van der Waals surface area (Å²) in [6.07, 6.45) is 0.0384. The number of hydrogen-bond donors (Lipinski definition) is 2. The molecule has 0 aromatic carbocycles. The minimum atomic E-state index is -1.18. The number of rotatable bonds is 5. The van der Waals surface area contributed by atoms with Crippen LogP contribution >= 0.6 is 0 Å². The van der Waals surface area contributed by atoms with Gasteiger partial charge in [0.1, 0.15) is 5.92 Å². The Bertz CT molecular complexity index is 312. The smallest absolute Gasteiger partial charge is 0.236 e. The zero-order valence-electron chi connectivity index (χ0n) is 7.43. The normalized spacial score (nSPS) is 13.3. The van der Waals surface area contributed by atoms with Crippen molar-refractivity contribution in [3.8, 4) is 12.1 Å². The van der Waals surface area contributed by atoms with Crippen molar-refractivity contribution in [2.24, 2.45) is 23.3 Å². The Morgan fingerprint density at radius 3 is 2.07 bits per heavy atom. The monoisotopic (exact) mass is 194 g/mol. The minimum absolute atomic E-state index is 0.0380. The third-order valence-electron chi connectivity index (χ3n) is 1.72. The van der Waals surface area contributed by atoms with Crippen LogP contribution in [0.1, 0.15) is 12.8 Å². The molecule has 0 fully saturated rings. The second-order valence-corrected chi connectivity index (χ2v) is 2.75. The second kappa shape index (κ2) is 5.55. The summed E-state index contributed by atoms with van der Waals surface area (Å²) in [6.45, 7) is 0. The standard InChI is InChI=1S/C8H10N4O2/c9-3-5(1-2-7(11)13)6(4-10)8(12)14/h5-6H,1-2H2,(H2,11,13)(H2,12,14). The van der Waals surface area contributed by atoms with E-state index in [1.165, 1.54) is 0 Å². The van der Waals surface area contributed by atoms with Crippen LogP contribution in [0.2, 0.25) is 0 Å². The van der Waals surface area contributed by atoms with E-state index in [2.05, 4.69) is 0 Å². The molecule has 14 heavy (non-hydrogen) atoms. The molecule has 0 bridgehead atoms. The van der Waals surface area contributed by atoms with Gasteiger partial charge >= 0.3 is 0 Å². The third-order valence-corrected chi connectivity index (χ3v) is 1.72. The zero-order valence-corrected chi connectivity index (χ0v) is 7.43. The van der Waals surface area contributed by atoms with Gasteiger partial charge in [0, 0.05) is 6.42 Å². The van der Waals surface area contributed by atoms with E-state index < -0.39 is 23.7 Å². The number of nitriles is 2. The van der Waals surface area contributed by atoms with Crippen molar-refractivity contribution < 1.29 is 9.59 Å². The molecule has 0 radical (unpaired) electrons. The fourth-order valence-corrected chi connectivity index (χ4v) is 0.955. The van der Waals surface area contributed by atoms with Crippen LogP contribution in [0.4, 0.5) is 0 Å². The summed E-state index contributed by atoms with van der Waals surface area (Å²) in [4.78, 5) is 21.1. The molecule has 0 saturated heterocycles. The lowest BCUT2D eigenvalue weighted by atomic mass is 9.90. The minimum Gasteiger partial charge on any atom is -0.370 e. The van der Waals surface area contributed by atoms with E-state index in [4.69, 9.17) is 22.0 Å². The van der Waals surface area contributed by atoms with Crippen LogP contribution in [0.25, 0.3) is 0 Å². The summed E-state index contributed by atoms with van der Waals surface area (Å²) >= 11 is 0. The van der Waals surface area contributed by atoms with Gasteiger partial charge in [0.25, 0.3) is 0 Å². The Kier molecular flexibility index (Phi) is 4.72. The Morgan fingerprint density at radius 2 is 1.79 bits per heavy atom. The van der Waals surface area contributed by atoms with Crippen molar-refractivity contribution in [2.75, 3.05) is 0 Å². The Morgan fingerprint density at radius 1 is 1.21 bits per heavy atom. The molecule has 6 heteroatoms. The summed E-state index contributed by atoms with van der Waals surface area (Å²) in [7, 11) is 0. The van der Waals surface area contributed by atoms with Gasteiger partial charge in [-0.15, -0.1) is 0 Å². The Hall–Kier alpha value is -2.08. The van der Waals surface area contributed by atoms with Crippen molar-refractivity contribution in [3.63, 3.8) is 0 Å². The SMILES string of the molecule is N#CC(CCC(N)=O)C(C#N)C(N)=O. The maximum Gasteiger partial charge on any atom is 0.236 e. The second-order valence-electron chi connectivity index (χ2n) is 2.75. The van der Waals surface area contributed by atoms with Gasteiger partial charge < -0.3 is 11.5 Å². The van der Waals surface area contributed by atoms with Crippen molar-refractivity contribution in [1.29, 1.82) is 10.5 Å². The van der Waals surface area contributed by atoms with Crippen LogP contribution in [-0.4, -0.2) is 11.8 Å². The first-order valence-electron chi connectivity index (χ1n) is 3.89. The lowest BCUT2D eigenvalue weighted by Gasteiger charge is -2.10. The average molecular weight is 194 g/mol. The number of carbonyl (C=O) groups is 2. The molecule has 0 rings (SSSR count). The lowest BCUT2D eigenvalue weighted by molar-refractivity contribution is -0.122. The van der Waals surface area contributed by atoms with E-state index in [0.29, 0.717) is 0 Å². The summed E-state index contributed by atoms with van der Waals surface area (Å²) < 4.78 is 0. The molecule has 2 atom stereocenters. The van der Waals surface area contributed by atoms with Crippen LogP contribution < -0.4 is 11.5 Å². The highest BCUT2D eigenvalue weighted by Gasteiger charge is 2.26. The molecule has 0 aromatic heterocycles. The van der Waals surface area contributed by atoms with E-state index in [9.17, 15) is 9.59 Å². The van der Waals surface area contributed by atoms with Gasteiger partial charge in [-0.2, -0.15) is 10.5 Å². The molecule has 2 unspecified atom stereocenters. The first-order valence-corrected chi connectivity index (χ1v) is 3.89. The molecule has 0 saturated carbocycles. The van der Waals surface area contributed by atoms with Gasteiger partial charge in [-0.3, -0.25) is 9.59 Å². The Balaban J connectivity index is 4.41. The van der Waals surface area contributed by atoms with Crippen LogP contribution in [-0.2, 0) is 9.59 Å². The zero-order chi connectivity index (χ0) is 11.1. The maximum atomic E-state index is 10.7. The van der Waals surface area contributed by atoms with Crippen LogP contribution in [0.15, 0.2) is 0 Å². The predicted molar refractivity (Wildman–Crippen MR) is 45.8 cm³/mol. The topological polar surface area (TPSA) is 134 Å². The summed E-state index contributed by atoms with van der Waals surface area (Å²) in [6, 6.07) is 3.39. The first-order chi connectivity index (χ1) is 6.52. The van der Waals surface area contributed by atoms with Crippen molar-refractivity contribution >= 4 is 11.8 Å². The number of nitrogens with two attached hydrogens (primary N) is 2. The van der Waals surface area contributed by atoms with Gasteiger partial charge in [-0.1, -0.05) is 0 Å². The van der Waals surface area contributed by atoms with Gasteiger partial charge in [0.15, 0.2) is 0 Å². The maximum absolute atomic E-state index is 10.7. The van der Waals surface area contributed by atoms with Crippen LogP contribution in [0.5, 0.6) is 0 Å². The van der Waals surface area contributed by atoms with Crippen LogP contribution in [0, 0.1) is 34.5 Å². The first kappa shape index (κ1) is 11.9. The fourth-order valence-electron chi connectivity index (χ4n) is 0.955. The average Bonchev–Trinajstić information content (AvgIpc) is 2.10. The van der Waals surface area contributed by atoms with E-state index in [0.717, 1.165) is 0 Å². The largest absolute Gasteiger partial charge is 0.370 e. The van der Waals surface area contributed by atoms with Crippen molar-refractivity contribution in [3.05, 3.63) is 0 Å². The van der Waals surface area contributed by atoms with E-state index in [1.807, 2.05) is 0 Å². The lowest BCUT2D eigenvalue weighted by Crippen LogP contribution is -2.29. The highest BCUT2D eigenvalue weighted by Crippen LogP contribution is 2.15. The number of amides is 2. The molecular weight excluding hydrogens is 184 g/mol. The van der Waals surface area contributed by atoms with Gasteiger partial charge in [0.05, 0.1) is 18.1 Å². The molecule has 6 nitrogen and oxygen atoms in total. The summed E-state index contributed by atoms with van der Waals surface area (Å²) in [5.74, 6) is -3.49. The van der Waals surface area contributed by atoms with Gasteiger partial charge in [0.2, 0.25) is 11.8 Å². The number of hydrogen-bond acceptors (Lipinski definition) is 4. The molecule has 0 aliphatic rings. The Labute approximate surface area is 81.1 Å². The number of carbonyl (C=O) groups excluding carboxylic acids is 2. The van der Waals surface area contributed by atoms with E-state index in [1.54, 1.807) is 12.1 Å². The molecule has 74 valence electrons. The molecule has 0 heterocycles. The number of primary amides is 2. The highest BCUT2D eigenvalue weighted by molar-refractivity contribution is 5.80.